The molecule has 0 heterocycles. The molecule has 0 spiro atoms. The lowest BCUT2D eigenvalue weighted by Crippen LogP contribution is -2.10. The van der Waals surface area contributed by atoms with Crippen LogP contribution < -0.4 is 9.47 Å². The van der Waals surface area contributed by atoms with Crippen LogP contribution in [-0.4, -0.2) is 0 Å². The monoisotopic (exact) mass is 374 g/mol. The van der Waals surface area contributed by atoms with Crippen molar-refractivity contribution in [2.75, 3.05) is 0 Å². The summed E-state index contributed by atoms with van der Waals surface area (Å²) in [6, 6.07) is 22.5. The Morgan fingerprint density at radius 2 is 1.29 bits per heavy atom. The van der Waals surface area contributed by atoms with Crippen molar-refractivity contribution < 1.29 is 9.47 Å². The molecule has 0 amide bonds. The Balaban J connectivity index is 1.79. The van der Waals surface area contributed by atoms with E-state index in [9.17, 15) is 0 Å². The SMILES string of the molecule is CCCc1cc(Oc2ccc(C)cc2)ccc1Oc1ccc(C(C)(C)C)cc1. The molecule has 3 aromatic carbocycles. The highest BCUT2D eigenvalue weighted by Gasteiger charge is 2.14. The first-order valence-electron chi connectivity index (χ1n) is 10.0. The number of aryl methyl sites for hydroxylation is 2. The molecular weight excluding hydrogens is 344 g/mol. The molecule has 2 nitrogen and oxygen atoms in total. The Kier molecular flexibility index (Phi) is 6.08. The third kappa shape index (κ3) is 5.16. The maximum absolute atomic E-state index is 6.20. The van der Waals surface area contributed by atoms with E-state index in [2.05, 4.69) is 65.0 Å². The smallest absolute Gasteiger partial charge is 0.130 e. The average Bonchev–Trinajstić information content (AvgIpc) is 2.66. The van der Waals surface area contributed by atoms with E-state index in [4.69, 9.17) is 9.47 Å². The number of hydrogen-bond acceptors (Lipinski definition) is 2. The van der Waals surface area contributed by atoms with Crippen LogP contribution in [0.3, 0.4) is 0 Å². The minimum atomic E-state index is 0.140. The molecule has 0 aliphatic heterocycles. The molecule has 0 radical (unpaired) electrons. The number of ether oxygens (including phenoxy) is 2. The molecular formula is C26H30O2. The van der Waals surface area contributed by atoms with Gasteiger partial charge in [0.25, 0.3) is 0 Å². The summed E-state index contributed by atoms with van der Waals surface area (Å²) in [6.07, 6.45) is 1.99. The van der Waals surface area contributed by atoms with E-state index >= 15 is 0 Å². The molecule has 0 unspecified atom stereocenters. The van der Waals surface area contributed by atoms with E-state index in [1.807, 2.05) is 36.4 Å². The van der Waals surface area contributed by atoms with E-state index in [1.165, 1.54) is 11.1 Å². The van der Waals surface area contributed by atoms with Gasteiger partial charge < -0.3 is 9.47 Å². The van der Waals surface area contributed by atoms with E-state index in [0.29, 0.717) is 0 Å². The molecule has 2 heteroatoms. The minimum Gasteiger partial charge on any atom is -0.457 e. The summed E-state index contributed by atoms with van der Waals surface area (Å²) in [6.45, 7) is 10.9. The lowest BCUT2D eigenvalue weighted by atomic mass is 9.87. The Morgan fingerprint density at radius 1 is 0.714 bits per heavy atom. The van der Waals surface area contributed by atoms with Gasteiger partial charge in [0.1, 0.15) is 23.0 Å². The van der Waals surface area contributed by atoms with E-state index in [0.717, 1.165) is 41.4 Å². The predicted molar refractivity (Wildman–Crippen MR) is 117 cm³/mol. The first-order chi connectivity index (χ1) is 13.3. The summed E-state index contributed by atoms with van der Waals surface area (Å²) in [5.41, 5.74) is 3.82. The van der Waals surface area contributed by atoms with Crippen LogP contribution >= 0.6 is 0 Å². The van der Waals surface area contributed by atoms with Gasteiger partial charge in [0.15, 0.2) is 0 Å². The van der Waals surface area contributed by atoms with Crippen LogP contribution in [0.1, 0.15) is 50.8 Å². The van der Waals surface area contributed by atoms with Gasteiger partial charge >= 0.3 is 0 Å². The second-order valence-corrected chi connectivity index (χ2v) is 8.31. The van der Waals surface area contributed by atoms with Crippen molar-refractivity contribution in [1.29, 1.82) is 0 Å². The highest BCUT2D eigenvalue weighted by Crippen LogP contribution is 2.33. The lowest BCUT2D eigenvalue weighted by molar-refractivity contribution is 0.462. The normalized spacial score (nSPS) is 11.3. The van der Waals surface area contributed by atoms with E-state index in [-0.39, 0.29) is 5.41 Å². The standard InChI is InChI=1S/C26H30O2/c1-6-7-20-18-24(27-22-12-8-19(2)9-13-22)16-17-25(20)28-23-14-10-21(11-15-23)26(3,4)5/h8-18H,6-7H2,1-5H3. The Hall–Kier alpha value is -2.74. The average molecular weight is 375 g/mol. The van der Waals surface area contributed by atoms with Gasteiger partial charge in [-0.3, -0.25) is 0 Å². The molecule has 28 heavy (non-hydrogen) atoms. The largest absolute Gasteiger partial charge is 0.457 e. The number of hydrogen-bond donors (Lipinski definition) is 0. The maximum atomic E-state index is 6.20. The molecule has 0 N–H and O–H groups in total. The van der Waals surface area contributed by atoms with Gasteiger partial charge in [-0.2, -0.15) is 0 Å². The molecule has 0 atom stereocenters. The molecule has 0 bridgehead atoms. The minimum absolute atomic E-state index is 0.140. The Morgan fingerprint density at radius 3 is 1.89 bits per heavy atom. The fourth-order valence-corrected chi connectivity index (χ4v) is 3.08. The Labute approximate surface area is 169 Å². The van der Waals surface area contributed by atoms with Crippen molar-refractivity contribution in [3.8, 4) is 23.0 Å². The van der Waals surface area contributed by atoms with Crippen molar-refractivity contribution in [3.05, 3.63) is 83.4 Å². The van der Waals surface area contributed by atoms with Crippen LogP contribution in [0.25, 0.3) is 0 Å². The summed E-state index contributed by atoms with van der Waals surface area (Å²) in [7, 11) is 0. The fraction of sp³-hybridized carbons (Fsp3) is 0.308. The molecule has 0 aromatic heterocycles. The van der Waals surface area contributed by atoms with Gasteiger partial charge in [-0.1, -0.05) is 63.9 Å². The van der Waals surface area contributed by atoms with Gasteiger partial charge in [-0.05, 0) is 72.4 Å². The van der Waals surface area contributed by atoms with Crippen LogP contribution in [-0.2, 0) is 11.8 Å². The Bertz CT molecular complexity index is 901. The van der Waals surface area contributed by atoms with Gasteiger partial charge in [0.2, 0.25) is 0 Å². The number of benzene rings is 3. The number of rotatable bonds is 6. The van der Waals surface area contributed by atoms with Crippen LogP contribution in [0.4, 0.5) is 0 Å². The zero-order chi connectivity index (χ0) is 20.1. The molecule has 0 saturated heterocycles. The van der Waals surface area contributed by atoms with Crippen molar-refractivity contribution in [2.45, 2.75) is 52.9 Å². The topological polar surface area (TPSA) is 18.5 Å². The predicted octanol–water partition coefficient (Wildman–Crippen LogP) is 7.83. The van der Waals surface area contributed by atoms with Crippen molar-refractivity contribution in [1.82, 2.24) is 0 Å². The summed E-state index contributed by atoms with van der Waals surface area (Å²) in [4.78, 5) is 0. The van der Waals surface area contributed by atoms with Gasteiger partial charge in [0.05, 0.1) is 0 Å². The summed E-state index contributed by atoms with van der Waals surface area (Å²) in [5, 5.41) is 0. The van der Waals surface area contributed by atoms with Crippen LogP contribution in [0.15, 0.2) is 66.7 Å². The van der Waals surface area contributed by atoms with Crippen LogP contribution in [0.5, 0.6) is 23.0 Å². The highest BCUT2D eigenvalue weighted by molar-refractivity contribution is 5.45. The first-order valence-corrected chi connectivity index (χ1v) is 10.0. The first kappa shape index (κ1) is 20.0. The molecule has 146 valence electrons. The molecule has 0 aliphatic carbocycles. The zero-order valence-corrected chi connectivity index (χ0v) is 17.6. The second kappa shape index (κ2) is 8.52. The van der Waals surface area contributed by atoms with E-state index < -0.39 is 0 Å². The van der Waals surface area contributed by atoms with Crippen LogP contribution in [0, 0.1) is 6.92 Å². The van der Waals surface area contributed by atoms with Crippen molar-refractivity contribution in [2.24, 2.45) is 0 Å². The van der Waals surface area contributed by atoms with E-state index in [1.54, 1.807) is 0 Å². The zero-order valence-electron chi connectivity index (χ0n) is 17.6. The van der Waals surface area contributed by atoms with Crippen molar-refractivity contribution >= 4 is 0 Å². The second-order valence-electron chi connectivity index (χ2n) is 8.31. The highest BCUT2D eigenvalue weighted by atomic mass is 16.5. The fourth-order valence-electron chi connectivity index (χ4n) is 3.08. The summed E-state index contributed by atoms with van der Waals surface area (Å²) >= 11 is 0. The molecule has 3 rings (SSSR count). The lowest BCUT2D eigenvalue weighted by Gasteiger charge is -2.19. The van der Waals surface area contributed by atoms with Crippen LogP contribution in [0.2, 0.25) is 0 Å². The molecule has 0 saturated carbocycles. The molecule has 0 fully saturated rings. The third-order valence-corrected chi connectivity index (χ3v) is 4.76. The molecule has 0 aliphatic rings. The third-order valence-electron chi connectivity index (χ3n) is 4.76. The summed E-state index contributed by atoms with van der Waals surface area (Å²) < 4.78 is 12.2. The van der Waals surface area contributed by atoms with Gasteiger partial charge in [-0.15, -0.1) is 0 Å². The van der Waals surface area contributed by atoms with Gasteiger partial charge in [-0.25, -0.2) is 0 Å². The van der Waals surface area contributed by atoms with Gasteiger partial charge in [0, 0.05) is 0 Å². The molecule has 3 aromatic rings. The summed E-state index contributed by atoms with van der Waals surface area (Å²) in [5.74, 6) is 3.43. The van der Waals surface area contributed by atoms with Crippen molar-refractivity contribution in [3.63, 3.8) is 0 Å². The quantitative estimate of drug-likeness (QED) is 0.437. The maximum Gasteiger partial charge on any atom is 0.130 e.